The van der Waals surface area contributed by atoms with E-state index >= 15 is 0 Å². The summed E-state index contributed by atoms with van der Waals surface area (Å²) in [6.07, 6.45) is 3.34. The second-order valence-corrected chi connectivity index (χ2v) is 8.36. The summed E-state index contributed by atoms with van der Waals surface area (Å²) in [5, 5.41) is 0. The molecule has 2 aromatic rings. The summed E-state index contributed by atoms with van der Waals surface area (Å²) in [7, 11) is 0. The molecule has 2 aliphatic rings. The van der Waals surface area contributed by atoms with Crippen molar-refractivity contribution in [2.45, 2.75) is 37.3 Å². The zero-order valence-electron chi connectivity index (χ0n) is 14.0. The third-order valence-corrected chi connectivity index (χ3v) is 6.30. The van der Waals surface area contributed by atoms with Crippen LogP contribution < -0.4 is 0 Å². The molecule has 4 heterocycles. The summed E-state index contributed by atoms with van der Waals surface area (Å²) in [5.41, 5.74) is 3.29. The van der Waals surface area contributed by atoms with E-state index in [1.165, 1.54) is 5.69 Å². The van der Waals surface area contributed by atoms with Crippen LogP contribution in [-0.2, 0) is 17.9 Å². The molecule has 5 heteroatoms. The van der Waals surface area contributed by atoms with Crippen molar-refractivity contribution in [3.8, 4) is 0 Å². The second kappa shape index (κ2) is 6.82. The standard InChI is InChI=1S/C19H23N3OS/c1-15-5-4-7-16(21-15)10-22-13-19(14-22)9-18(12-24-19)23-11-17-6-2-3-8-20-17/h2-8,18H,9-14H2,1H3/t18-/m1/s1. The third kappa shape index (κ3) is 3.63. The van der Waals surface area contributed by atoms with E-state index in [4.69, 9.17) is 4.74 Å². The van der Waals surface area contributed by atoms with Crippen LogP contribution in [0.25, 0.3) is 0 Å². The van der Waals surface area contributed by atoms with Gasteiger partial charge in [0.1, 0.15) is 0 Å². The van der Waals surface area contributed by atoms with Crippen LogP contribution in [-0.4, -0.2) is 44.6 Å². The van der Waals surface area contributed by atoms with Crippen molar-refractivity contribution in [2.75, 3.05) is 18.8 Å². The fourth-order valence-electron chi connectivity index (χ4n) is 3.61. The van der Waals surface area contributed by atoms with Crippen LogP contribution in [0.1, 0.15) is 23.5 Å². The molecule has 0 amide bonds. The van der Waals surface area contributed by atoms with E-state index in [2.05, 4.69) is 51.8 Å². The van der Waals surface area contributed by atoms with Gasteiger partial charge >= 0.3 is 0 Å². The molecule has 0 aromatic carbocycles. The molecule has 2 fully saturated rings. The van der Waals surface area contributed by atoms with E-state index in [0.29, 0.717) is 17.5 Å². The van der Waals surface area contributed by atoms with Crippen molar-refractivity contribution >= 4 is 11.8 Å². The first-order valence-electron chi connectivity index (χ1n) is 8.51. The van der Waals surface area contributed by atoms with Crippen LogP contribution in [0.5, 0.6) is 0 Å². The van der Waals surface area contributed by atoms with Gasteiger partial charge in [0.25, 0.3) is 0 Å². The van der Waals surface area contributed by atoms with E-state index < -0.39 is 0 Å². The lowest BCUT2D eigenvalue weighted by Crippen LogP contribution is -2.58. The monoisotopic (exact) mass is 341 g/mol. The number of likely N-dealkylation sites (tertiary alicyclic amines) is 1. The molecule has 0 bridgehead atoms. The molecule has 4 nitrogen and oxygen atoms in total. The van der Waals surface area contributed by atoms with Gasteiger partial charge in [0.2, 0.25) is 0 Å². The maximum absolute atomic E-state index is 6.08. The highest BCUT2D eigenvalue weighted by atomic mass is 32.2. The molecule has 0 N–H and O–H groups in total. The molecule has 0 aliphatic carbocycles. The summed E-state index contributed by atoms with van der Waals surface area (Å²) in [6, 6.07) is 12.3. The summed E-state index contributed by atoms with van der Waals surface area (Å²) in [6.45, 7) is 5.94. The summed E-state index contributed by atoms with van der Waals surface area (Å²) in [4.78, 5) is 11.4. The average molecular weight is 341 g/mol. The van der Waals surface area contributed by atoms with E-state index in [1.807, 2.05) is 24.4 Å². The van der Waals surface area contributed by atoms with Crippen LogP contribution in [0.2, 0.25) is 0 Å². The van der Waals surface area contributed by atoms with E-state index in [9.17, 15) is 0 Å². The van der Waals surface area contributed by atoms with Crippen molar-refractivity contribution in [1.82, 2.24) is 14.9 Å². The van der Waals surface area contributed by atoms with Gasteiger partial charge in [-0.05, 0) is 37.6 Å². The van der Waals surface area contributed by atoms with Gasteiger partial charge in [0.15, 0.2) is 0 Å². The fraction of sp³-hybridized carbons (Fsp3) is 0.474. The number of rotatable bonds is 5. The zero-order chi connectivity index (χ0) is 16.4. The number of aromatic nitrogens is 2. The largest absolute Gasteiger partial charge is 0.371 e. The van der Waals surface area contributed by atoms with Gasteiger partial charge in [0, 0.05) is 42.0 Å². The molecule has 4 rings (SSSR count). The van der Waals surface area contributed by atoms with Gasteiger partial charge in [-0.2, -0.15) is 0 Å². The van der Waals surface area contributed by atoms with Gasteiger partial charge in [-0.1, -0.05) is 12.1 Å². The highest BCUT2D eigenvalue weighted by Gasteiger charge is 2.49. The normalized spacial score (nSPS) is 22.6. The van der Waals surface area contributed by atoms with E-state index in [-0.39, 0.29) is 0 Å². The molecular formula is C19H23N3OS. The van der Waals surface area contributed by atoms with Gasteiger partial charge in [0.05, 0.1) is 24.1 Å². The Morgan fingerprint density at radius 2 is 2.08 bits per heavy atom. The molecule has 126 valence electrons. The number of hydrogen-bond donors (Lipinski definition) is 0. The van der Waals surface area contributed by atoms with Crippen LogP contribution in [0.3, 0.4) is 0 Å². The van der Waals surface area contributed by atoms with Gasteiger partial charge in [-0.3, -0.25) is 14.9 Å². The number of hydrogen-bond acceptors (Lipinski definition) is 5. The SMILES string of the molecule is Cc1cccc(CN2CC3(C[C@@H](OCc4ccccn4)CS3)C2)n1. The molecule has 0 radical (unpaired) electrons. The van der Waals surface area contributed by atoms with Gasteiger partial charge < -0.3 is 4.74 Å². The van der Waals surface area contributed by atoms with Gasteiger partial charge in [-0.25, -0.2) is 0 Å². The first-order chi connectivity index (χ1) is 11.7. The smallest absolute Gasteiger partial charge is 0.0892 e. The number of ether oxygens (including phenoxy) is 1. The summed E-state index contributed by atoms with van der Waals surface area (Å²) >= 11 is 2.08. The minimum absolute atomic E-state index is 0.358. The van der Waals surface area contributed by atoms with Crippen molar-refractivity contribution in [2.24, 2.45) is 0 Å². The zero-order valence-corrected chi connectivity index (χ0v) is 14.8. The van der Waals surface area contributed by atoms with Crippen molar-refractivity contribution in [3.63, 3.8) is 0 Å². The number of pyridine rings is 2. The van der Waals surface area contributed by atoms with Crippen LogP contribution in [0, 0.1) is 6.92 Å². The molecular weight excluding hydrogens is 318 g/mol. The Morgan fingerprint density at radius 1 is 1.21 bits per heavy atom. The molecule has 0 saturated carbocycles. The molecule has 2 aliphatic heterocycles. The first kappa shape index (κ1) is 16.1. The number of aryl methyl sites for hydroxylation is 1. The van der Waals surface area contributed by atoms with Crippen molar-refractivity contribution in [1.29, 1.82) is 0 Å². The second-order valence-electron chi connectivity index (χ2n) is 6.87. The lowest BCUT2D eigenvalue weighted by atomic mass is 9.93. The third-order valence-electron chi connectivity index (χ3n) is 4.72. The van der Waals surface area contributed by atoms with Crippen LogP contribution >= 0.6 is 11.8 Å². The van der Waals surface area contributed by atoms with Crippen molar-refractivity contribution in [3.05, 3.63) is 59.7 Å². The van der Waals surface area contributed by atoms with Crippen LogP contribution in [0.4, 0.5) is 0 Å². The molecule has 1 atom stereocenters. The number of thioether (sulfide) groups is 1. The molecule has 0 unspecified atom stereocenters. The van der Waals surface area contributed by atoms with Crippen LogP contribution in [0.15, 0.2) is 42.6 Å². The Balaban J connectivity index is 1.24. The minimum atomic E-state index is 0.358. The average Bonchev–Trinajstić information content (AvgIpc) is 2.98. The Bertz CT molecular complexity index is 688. The quantitative estimate of drug-likeness (QED) is 0.836. The predicted molar refractivity (Wildman–Crippen MR) is 96.9 cm³/mol. The lowest BCUT2D eigenvalue weighted by Gasteiger charge is -2.47. The highest BCUT2D eigenvalue weighted by molar-refractivity contribution is 8.01. The fourth-order valence-corrected chi connectivity index (χ4v) is 5.22. The van der Waals surface area contributed by atoms with E-state index in [0.717, 1.165) is 43.2 Å². The van der Waals surface area contributed by atoms with Gasteiger partial charge in [-0.15, -0.1) is 11.8 Å². The summed E-state index contributed by atoms with van der Waals surface area (Å²) in [5.74, 6) is 1.10. The Labute approximate surface area is 147 Å². The first-order valence-corrected chi connectivity index (χ1v) is 9.50. The summed E-state index contributed by atoms with van der Waals surface area (Å²) < 4.78 is 6.48. The molecule has 1 spiro atoms. The Morgan fingerprint density at radius 3 is 2.88 bits per heavy atom. The van der Waals surface area contributed by atoms with Crippen molar-refractivity contribution < 1.29 is 4.74 Å². The molecule has 2 saturated heterocycles. The Kier molecular flexibility index (Phi) is 4.57. The topological polar surface area (TPSA) is 38.2 Å². The predicted octanol–water partition coefficient (Wildman–Crippen LogP) is 3.06. The lowest BCUT2D eigenvalue weighted by molar-refractivity contribution is 0.0248. The molecule has 24 heavy (non-hydrogen) atoms. The minimum Gasteiger partial charge on any atom is -0.371 e. The highest BCUT2D eigenvalue weighted by Crippen LogP contribution is 2.46. The molecule has 2 aromatic heterocycles. The maximum Gasteiger partial charge on any atom is 0.0892 e. The maximum atomic E-state index is 6.08. The van der Waals surface area contributed by atoms with E-state index in [1.54, 1.807) is 0 Å². The number of nitrogens with zero attached hydrogens (tertiary/aromatic N) is 3. The Hall–Kier alpha value is -1.43.